The fourth-order valence-electron chi connectivity index (χ4n) is 1.52. The first-order valence-corrected chi connectivity index (χ1v) is 6.34. The van der Waals surface area contributed by atoms with Gasteiger partial charge in [-0.2, -0.15) is 0 Å². The summed E-state index contributed by atoms with van der Waals surface area (Å²) < 4.78 is 4.94. The van der Waals surface area contributed by atoms with Crippen molar-refractivity contribution in [2.45, 2.75) is 25.9 Å². The van der Waals surface area contributed by atoms with Gasteiger partial charge in [-0.15, -0.1) is 0 Å². The second-order valence-corrected chi connectivity index (χ2v) is 4.60. The molecule has 0 heterocycles. The van der Waals surface area contributed by atoms with Crippen LogP contribution in [-0.2, 0) is 14.3 Å². The van der Waals surface area contributed by atoms with E-state index in [-0.39, 0.29) is 0 Å². The molecule has 114 valence electrons. The summed E-state index contributed by atoms with van der Waals surface area (Å²) in [5.74, 6) is -2.58. The summed E-state index contributed by atoms with van der Waals surface area (Å²) in [5, 5.41) is 11.2. The van der Waals surface area contributed by atoms with Gasteiger partial charge in [0, 0.05) is 0 Å². The molecule has 1 rings (SSSR count). The van der Waals surface area contributed by atoms with E-state index in [1.807, 2.05) is 0 Å². The molecule has 0 fully saturated rings. The molecule has 0 saturated carbocycles. The molecule has 0 aromatic heterocycles. The molecule has 0 saturated heterocycles. The highest BCUT2D eigenvalue weighted by Gasteiger charge is 2.23. The Hall–Kier alpha value is -2.41. The van der Waals surface area contributed by atoms with Crippen molar-refractivity contribution in [3.05, 3.63) is 35.4 Å². The molecular weight excluding hydrogens is 276 g/mol. The lowest BCUT2D eigenvalue weighted by Gasteiger charge is -2.16. The minimum Gasteiger partial charge on any atom is -0.480 e. The summed E-state index contributed by atoms with van der Waals surface area (Å²) in [6.45, 7) is 2.69. The van der Waals surface area contributed by atoms with E-state index in [0.29, 0.717) is 11.1 Å². The molecule has 1 aromatic rings. The predicted octanol–water partition coefficient (Wildman–Crippen LogP) is 0.0684. The average molecular weight is 294 g/mol. The maximum Gasteiger partial charge on any atom is 0.338 e. The van der Waals surface area contributed by atoms with Crippen LogP contribution in [0.1, 0.15) is 22.8 Å². The number of aryl methyl sites for hydroxylation is 1. The van der Waals surface area contributed by atoms with E-state index in [9.17, 15) is 14.4 Å². The van der Waals surface area contributed by atoms with Gasteiger partial charge in [-0.1, -0.05) is 18.2 Å². The lowest BCUT2D eigenvalue weighted by Crippen LogP contribution is -2.49. The van der Waals surface area contributed by atoms with Gasteiger partial charge in [-0.25, -0.2) is 9.59 Å². The van der Waals surface area contributed by atoms with Crippen LogP contribution in [0.4, 0.5) is 0 Å². The molecular formula is C14H18N2O5. The number of carbonyl (C=O) groups excluding carboxylic acids is 2. The van der Waals surface area contributed by atoms with Crippen LogP contribution >= 0.6 is 0 Å². The minimum atomic E-state index is -1.34. The van der Waals surface area contributed by atoms with Crippen molar-refractivity contribution in [1.29, 1.82) is 0 Å². The minimum absolute atomic E-state index is 0.347. The van der Waals surface area contributed by atoms with Crippen LogP contribution in [0.2, 0.25) is 0 Å². The Balaban J connectivity index is 2.66. The first-order valence-electron chi connectivity index (χ1n) is 6.34. The quantitative estimate of drug-likeness (QED) is 0.639. The number of nitrogens with one attached hydrogen (secondary N) is 1. The monoisotopic (exact) mass is 294 g/mol. The Morgan fingerprint density at radius 1 is 1.33 bits per heavy atom. The molecule has 1 amide bonds. The van der Waals surface area contributed by atoms with Crippen LogP contribution in [0.25, 0.3) is 0 Å². The van der Waals surface area contributed by atoms with Crippen molar-refractivity contribution in [2.75, 3.05) is 6.61 Å². The lowest BCUT2D eigenvalue weighted by molar-refractivity contribution is -0.143. The number of carboxylic acid groups (broad SMARTS) is 1. The molecule has 7 nitrogen and oxygen atoms in total. The number of benzene rings is 1. The second-order valence-electron chi connectivity index (χ2n) is 4.60. The third-order valence-corrected chi connectivity index (χ3v) is 2.77. The third-order valence-electron chi connectivity index (χ3n) is 2.77. The fourth-order valence-corrected chi connectivity index (χ4v) is 1.52. The van der Waals surface area contributed by atoms with E-state index >= 15 is 0 Å². The van der Waals surface area contributed by atoms with E-state index in [4.69, 9.17) is 15.6 Å². The van der Waals surface area contributed by atoms with Gasteiger partial charge in [0.05, 0.1) is 11.6 Å². The summed E-state index contributed by atoms with van der Waals surface area (Å²) in [7, 11) is 0. The number of rotatable bonds is 6. The largest absolute Gasteiger partial charge is 0.480 e. The van der Waals surface area contributed by atoms with E-state index in [2.05, 4.69) is 5.32 Å². The molecule has 0 radical (unpaired) electrons. The molecule has 0 spiro atoms. The predicted molar refractivity (Wildman–Crippen MR) is 74.7 cm³/mol. The Morgan fingerprint density at radius 3 is 2.48 bits per heavy atom. The number of ether oxygens (including phenoxy) is 1. The number of esters is 1. The molecule has 0 aliphatic rings. The number of carbonyl (C=O) groups is 3. The van der Waals surface area contributed by atoms with Crippen molar-refractivity contribution >= 4 is 17.8 Å². The van der Waals surface area contributed by atoms with Crippen molar-refractivity contribution < 1.29 is 24.2 Å². The zero-order chi connectivity index (χ0) is 16.0. The standard InChI is InChI=1S/C14H18N2O5/c1-8-5-3-4-6-10(8)14(20)21-7-11(13(18)19)16-12(17)9(2)15/h3-6,9,11H,7,15H2,1-2H3,(H,16,17)(H,18,19)/t9-,11+/m1/s1. The van der Waals surface area contributed by atoms with Gasteiger partial charge < -0.3 is 20.9 Å². The molecule has 0 aliphatic carbocycles. The Kier molecular flexibility index (Phi) is 5.86. The van der Waals surface area contributed by atoms with Gasteiger partial charge in [-0.05, 0) is 25.5 Å². The van der Waals surface area contributed by atoms with Crippen molar-refractivity contribution in [3.63, 3.8) is 0 Å². The molecule has 7 heteroatoms. The van der Waals surface area contributed by atoms with E-state index in [0.717, 1.165) is 0 Å². The number of hydrogen-bond donors (Lipinski definition) is 3. The van der Waals surface area contributed by atoms with Gasteiger partial charge in [0.1, 0.15) is 6.61 Å². The molecule has 0 bridgehead atoms. The first kappa shape index (κ1) is 16.6. The van der Waals surface area contributed by atoms with Crippen LogP contribution in [0.3, 0.4) is 0 Å². The van der Waals surface area contributed by atoms with Gasteiger partial charge in [0.15, 0.2) is 6.04 Å². The van der Waals surface area contributed by atoms with E-state index < -0.39 is 36.5 Å². The fraction of sp³-hybridized carbons (Fsp3) is 0.357. The normalized spacial score (nSPS) is 13.1. The van der Waals surface area contributed by atoms with Crippen molar-refractivity contribution in [2.24, 2.45) is 5.73 Å². The van der Waals surface area contributed by atoms with Crippen LogP contribution < -0.4 is 11.1 Å². The highest BCUT2D eigenvalue weighted by atomic mass is 16.5. The number of aliphatic carboxylic acids is 1. The zero-order valence-electron chi connectivity index (χ0n) is 11.8. The average Bonchev–Trinajstić information content (AvgIpc) is 2.42. The molecule has 21 heavy (non-hydrogen) atoms. The zero-order valence-corrected chi connectivity index (χ0v) is 11.8. The van der Waals surface area contributed by atoms with Crippen LogP contribution in [0.5, 0.6) is 0 Å². The SMILES string of the molecule is Cc1ccccc1C(=O)OC[C@H](NC(=O)[C@@H](C)N)C(=O)O. The molecule has 2 atom stereocenters. The van der Waals surface area contributed by atoms with Crippen molar-refractivity contribution in [1.82, 2.24) is 5.32 Å². The number of carboxylic acids is 1. The Bertz CT molecular complexity index is 542. The summed E-state index contributed by atoms with van der Waals surface area (Å²) in [6.07, 6.45) is 0. The number of hydrogen-bond acceptors (Lipinski definition) is 5. The van der Waals surface area contributed by atoms with Gasteiger partial charge in [0.2, 0.25) is 5.91 Å². The highest BCUT2D eigenvalue weighted by molar-refractivity contribution is 5.91. The maximum absolute atomic E-state index is 11.9. The maximum atomic E-state index is 11.9. The number of amides is 1. The van der Waals surface area contributed by atoms with Gasteiger partial charge >= 0.3 is 11.9 Å². The third kappa shape index (κ3) is 4.88. The van der Waals surface area contributed by atoms with E-state index in [1.165, 1.54) is 6.92 Å². The molecule has 4 N–H and O–H groups in total. The molecule has 0 unspecified atom stereocenters. The summed E-state index contributed by atoms with van der Waals surface area (Å²) in [6, 6.07) is 4.58. The molecule has 1 aromatic carbocycles. The van der Waals surface area contributed by atoms with Crippen molar-refractivity contribution in [3.8, 4) is 0 Å². The van der Waals surface area contributed by atoms with Gasteiger partial charge in [0.25, 0.3) is 0 Å². The lowest BCUT2D eigenvalue weighted by atomic mass is 10.1. The summed E-state index contributed by atoms with van der Waals surface area (Å²) in [4.78, 5) is 34.3. The highest BCUT2D eigenvalue weighted by Crippen LogP contribution is 2.08. The van der Waals surface area contributed by atoms with Crippen LogP contribution in [-0.4, -0.2) is 41.6 Å². The smallest absolute Gasteiger partial charge is 0.338 e. The molecule has 0 aliphatic heterocycles. The summed E-state index contributed by atoms with van der Waals surface area (Å²) >= 11 is 0. The second kappa shape index (κ2) is 7.39. The van der Waals surface area contributed by atoms with Crippen LogP contribution in [0.15, 0.2) is 24.3 Å². The first-order chi connectivity index (χ1) is 9.82. The topological polar surface area (TPSA) is 119 Å². The number of nitrogens with two attached hydrogens (primary N) is 1. The van der Waals surface area contributed by atoms with Crippen LogP contribution in [0, 0.1) is 6.92 Å². The van der Waals surface area contributed by atoms with E-state index in [1.54, 1.807) is 31.2 Å². The Labute approximate surface area is 122 Å². The van der Waals surface area contributed by atoms with Gasteiger partial charge in [-0.3, -0.25) is 4.79 Å². The summed E-state index contributed by atoms with van der Waals surface area (Å²) in [5.41, 5.74) is 6.40. The Morgan fingerprint density at radius 2 is 1.95 bits per heavy atom.